The predicted molar refractivity (Wildman–Crippen MR) is 39.1 cm³/mol. The molecule has 1 aromatic carbocycles. The van der Waals surface area contributed by atoms with E-state index < -0.39 is 17.3 Å². The van der Waals surface area contributed by atoms with Gasteiger partial charge in [0.1, 0.15) is 5.69 Å². The fourth-order valence-electron chi connectivity index (χ4n) is 0.651. The van der Waals surface area contributed by atoms with E-state index in [1.807, 2.05) is 0 Å². The molecular formula is C7H2ClF2NO. The molecule has 0 radical (unpaired) electrons. The van der Waals surface area contributed by atoms with Gasteiger partial charge in [-0.2, -0.15) is 4.99 Å². The summed E-state index contributed by atoms with van der Waals surface area (Å²) in [5.74, 6) is -2.46. The molecule has 0 heterocycles. The van der Waals surface area contributed by atoms with Crippen molar-refractivity contribution in [1.29, 1.82) is 0 Å². The third-order valence-electron chi connectivity index (χ3n) is 1.18. The van der Waals surface area contributed by atoms with Crippen LogP contribution in [0.15, 0.2) is 17.1 Å². The van der Waals surface area contributed by atoms with Crippen LogP contribution in [0.3, 0.4) is 0 Å². The molecule has 62 valence electrons. The lowest BCUT2D eigenvalue weighted by molar-refractivity contribution is 0.510. The maximum Gasteiger partial charge on any atom is 0.240 e. The van der Waals surface area contributed by atoms with Gasteiger partial charge in [0.2, 0.25) is 6.08 Å². The van der Waals surface area contributed by atoms with E-state index in [9.17, 15) is 13.6 Å². The van der Waals surface area contributed by atoms with Gasteiger partial charge in [-0.1, -0.05) is 11.6 Å². The maximum atomic E-state index is 12.7. The van der Waals surface area contributed by atoms with Crippen LogP contribution in [0.25, 0.3) is 0 Å². The first-order valence-electron chi connectivity index (χ1n) is 2.88. The van der Waals surface area contributed by atoms with Crippen molar-refractivity contribution in [2.24, 2.45) is 4.99 Å². The lowest BCUT2D eigenvalue weighted by Gasteiger charge is -1.96. The van der Waals surface area contributed by atoms with Gasteiger partial charge in [-0.3, -0.25) is 0 Å². The molecule has 0 fully saturated rings. The Morgan fingerprint density at radius 2 is 2.00 bits per heavy atom. The molecule has 0 N–H and O–H groups in total. The molecule has 5 heteroatoms. The summed E-state index contributed by atoms with van der Waals surface area (Å²) in [5.41, 5.74) is -0.410. The molecule has 0 bridgehead atoms. The van der Waals surface area contributed by atoms with Gasteiger partial charge in [-0.25, -0.2) is 13.6 Å². The smallest absolute Gasteiger partial charge is 0.211 e. The Bertz CT molecular complexity index is 361. The molecule has 0 saturated carbocycles. The van der Waals surface area contributed by atoms with Crippen molar-refractivity contribution >= 4 is 23.4 Å². The van der Waals surface area contributed by atoms with Crippen molar-refractivity contribution in [3.8, 4) is 0 Å². The summed E-state index contributed by atoms with van der Waals surface area (Å²) in [6.07, 6.45) is 1.10. The van der Waals surface area contributed by atoms with E-state index in [0.29, 0.717) is 0 Å². The zero-order chi connectivity index (χ0) is 9.14. The second kappa shape index (κ2) is 3.43. The average molecular weight is 190 g/mol. The average Bonchev–Trinajstić information content (AvgIpc) is 2.07. The molecule has 0 spiro atoms. The van der Waals surface area contributed by atoms with Gasteiger partial charge in [0.05, 0.1) is 5.02 Å². The van der Waals surface area contributed by atoms with Crippen molar-refractivity contribution in [3.63, 3.8) is 0 Å². The van der Waals surface area contributed by atoms with E-state index in [-0.39, 0.29) is 5.02 Å². The first kappa shape index (κ1) is 8.84. The van der Waals surface area contributed by atoms with Crippen molar-refractivity contribution in [3.05, 3.63) is 28.8 Å². The molecule has 1 rings (SSSR count). The zero-order valence-corrected chi connectivity index (χ0v) is 6.40. The van der Waals surface area contributed by atoms with Gasteiger partial charge >= 0.3 is 0 Å². The Hall–Kier alpha value is -1.25. The second-order valence-electron chi connectivity index (χ2n) is 1.90. The number of nitrogens with zero attached hydrogens (tertiary/aromatic N) is 1. The highest BCUT2D eigenvalue weighted by Gasteiger charge is 2.10. The Balaban J connectivity index is 3.35. The van der Waals surface area contributed by atoms with Crippen LogP contribution in [0.2, 0.25) is 5.02 Å². The summed E-state index contributed by atoms with van der Waals surface area (Å²) in [4.78, 5) is 12.6. The van der Waals surface area contributed by atoms with Crippen LogP contribution >= 0.6 is 11.6 Å². The Morgan fingerprint density at radius 3 is 2.58 bits per heavy atom. The molecule has 0 aliphatic heterocycles. The lowest BCUT2D eigenvalue weighted by atomic mass is 10.3. The lowest BCUT2D eigenvalue weighted by Crippen LogP contribution is -1.84. The summed E-state index contributed by atoms with van der Waals surface area (Å²) in [6, 6.07) is 2.20. The van der Waals surface area contributed by atoms with E-state index >= 15 is 0 Å². The first-order valence-corrected chi connectivity index (χ1v) is 3.26. The summed E-state index contributed by atoms with van der Waals surface area (Å²) < 4.78 is 25.3. The molecule has 1 aromatic rings. The highest BCUT2D eigenvalue weighted by molar-refractivity contribution is 6.30. The van der Waals surface area contributed by atoms with Crippen molar-refractivity contribution in [2.75, 3.05) is 0 Å². The minimum absolute atomic E-state index is 0.350. The quantitative estimate of drug-likeness (QED) is 0.379. The normalized spacial score (nSPS) is 9.25. The second-order valence-corrected chi connectivity index (χ2v) is 2.30. The van der Waals surface area contributed by atoms with Gasteiger partial charge < -0.3 is 0 Å². The first-order chi connectivity index (χ1) is 5.66. The molecular weight excluding hydrogens is 188 g/mol. The SMILES string of the molecule is O=C=Nc1ccc(Cl)c(F)c1F. The zero-order valence-electron chi connectivity index (χ0n) is 5.64. The topological polar surface area (TPSA) is 29.4 Å². The third-order valence-corrected chi connectivity index (χ3v) is 1.47. The number of hydrogen-bond acceptors (Lipinski definition) is 2. The van der Waals surface area contributed by atoms with Crippen LogP contribution in [-0.2, 0) is 4.79 Å². The van der Waals surface area contributed by atoms with Crippen LogP contribution < -0.4 is 0 Å². The van der Waals surface area contributed by atoms with E-state index in [0.717, 1.165) is 18.2 Å². The molecule has 0 saturated heterocycles. The monoisotopic (exact) mass is 189 g/mol. The molecule has 2 nitrogen and oxygen atoms in total. The molecule has 12 heavy (non-hydrogen) atoms. The van der Waals surface area contributed by atoms with E-state index in [4.69, 9.17) is 11.6 Å². The standard InChI is InChI=1S/C7H2ClF2NO/c8-4-1-2-5(11-3-12)7(10)6(4)9/h1-2H. The Labute approximate surface area is 71.5 Å². The largest absolute Gasteiger partial charge is 0.240 e. The number of benzene rings is 1. The number of isocyanates is 1. The van der Waals surface area contributed by atoms with Crippen LogP contribution in [0.4, 0.5) is 14.5 Å². The van der Waals surface area contributed by atoms with Gasteiger partial charge in [-0.15, -0.1) is 0 Å². The number of rotatable bonds is 1. The van der Waals surface area contributed by atoms with Crippen molar-refractivity contribution < 1.29 is 13.6 Å². The molecule has 0 amide bonds. The van der Waals surface area contributed by atoms with Crippen LogP contribution in [-0.4, -0.2) is 6.08 Å². The minimum Gasteiger partial charge on any atom is -0.211 e. The number of hydrogen-bond donors (Lipinski definition) is 0. The third kappa shape index (κ3) is 1.49. The van der Waals surface area contributed by atoms with Gasteiger partial charge in [0.25, 0.3) is 0 Å². The van der Waals surface area contributed by atoms with Crippen LogP contribution in [0.5, 0.6) is 0 Å². The molecule has 0 aliphatic carbocycles. The fourth-order valence-corrected chi connectivity index (χ4v) is 0.797. The van der Waals surface area contributed by atoms with Crippen molar-refractivity contribution in [2.45, 2.75) is 0 Å². The Kier molecular flexibility index (Phi) is 2.53. The number of aliphatic imine (C=N–C) groups is 1. The molecule has 0 atom stereocenters. The van der Waals surface area contributed by atoms with Crippen LogP contribution in [0, 0.1) is 11.6 Å². The van der Waals surface area contributed by atoms with E-state index in [1.165, 1.54) is 0 Å². The fraction of sp³-hybridized carbons (Fsp3) is 0. The summed E-state index contributed by atoms with van der Waals surface area (Å²) in [5, 5.41) is -0.350. The predicted octanol–water partition coefficient (Wildman–Crippen LogP) is 2.59. The van der Waals surface area contributed by atoms with Crippen molar-refractivity contribution in [1.82, 2.24) is 0 Å². The number of carbonyl (C=O) groups excluding carboxylic acids is 1. The maximum absolute atomic E-state index is 12.7. The summed E-state index contributed by atoms with van der Waals surface area (Å²) >= 11 is 5.23. The summed E-state index contributed by atoms with van der Waals surface area (Å²) in [7, 11) is 0. The molecule has 0 aliphatic rings. The van der Waals surface area contributed by atoms with E-state index in [1.54, 1.807) is 0 Å². The molecule has 0 aromatic heterocycles. The van der Waals surface area contributed by atoms with Gasteiger partial charge in [-0.05, 0) is 12.1 Å². The van der Waals surface area contributed by atoms with Gasteiger partial charge in [0, 0.05) is 0 Å². The highest BCUT2D eigenvalue weighted by Crippen LogP contribution is 2.25. The Morgan fingerprint density at radius 1 is 1.33 bits per heavy atom. The minimum atomic E-state index is -1.24. The highest BCUT2D eigenvalue weighted by atomic mass is 35.5. The number of halogens is 3. The van der Waals surface area contributed by atoms with Crippen LogP contribution in [0.1, 0.15) is 0 Å². The van der Waals surface area contributed by atoms with E-state index in [2.05, 4.69) is 4.99 Å². The van der Waals surface area contributed by atoms with Gasteiger partial charge in [0.15, 0.2) is 11.6 Å². The molecule has 0 unspecified atom stereocenters. The summed E-state index contributed by atoms with van der Waals surface area (Å²) in [6.45, 7) is 0.